The van der Waals surface area contributed by atoms with Crippen LogP contribution in [0.3, 0.4) is 0 Å². The zero-order chi connectivity index (χ0) is 18.2. The van der Waals surface area contributed by atoms with Gasteiger partial charge in [0.05, 0.1) is 22.2 Å². The lowest BCUT2D eigenvalue weighted by Crippen LogP contribution is -2.37. The third-order valence-corrected chi connectivity index (χ3v) is 5.74. The van der Waals surface area contributed by atoms with E-state index in [2.05, 4.69) is 18.3 Å². The van der Waals surface area contributed by atoms with Gasteiger partial charge in [0, 0.05) is 18.0 Å². The fraction of sp³-hybridized carbons (Fsp3) is 0.278. The molecule has 2 aromatic carbocycles. The van der Waals surface area contributed by atoms with Crippen LogP contribution in [0.4, 0.5) is 11.4 Å². The highest BCUT2D eigenvalue weighted by molar-refractivity contribution is 7.90. The van der Waals surface area contributed by atoms with Crippen molar-refractivity contribution >= 4 is 38.7 Å². The van der Waals surface area contributed by atoms with E-state index in [1.165, 1.54) is 23.8 Å². The van der Waals surface area contributed by atoms with E-state index in [-0.39, 0.29) is 23.4 Å². The van der Waals surface area contributed by atoms with Crippen LogP contribution < -0.4 is 10.2 Å². The van der Waals surface area contributed by atoms with Crippen molar-refractivity contribution in [3.63, 3.8) is 0 Å². The lowest BCUT2D eigenvalue weighted by atomic mass is 10.1. The summed E-state index contributed by atoms with van der Waals surface area (Å²) in [6, 6.07) is 12.5. The topological polar surface area (TPSA) is 66.5 Å². The SMILES string of the molecule is C[C@H]1Cc2ccccc2N1CC(=O)Nc1cc(S(C)(=O)=O)ccc1Cl. The molecule has 0 spiro atoms. The Kier molecular flexibility index (Phi) is 4.75. The highest BCUT2D eigenvalue weighted by Crippen LogP contribution is 2.31. The van der Waals surface area contributed by atoms with Crippen LogP contribution in [-0.2, 0) is 21.1 Å². The summed E-state index contributed by atoms with van der Waals surface area (Å²) < 4.78 is 23.4. The second kappa shape index (κ2) is 6.69. The van der Waals surface area contributed by atoms with E-state index in [4.69, 9.17) is 11.6 Å². The van der Waals surface area contributed by atoms with E-state index in [9.17, 15) is 13.2 Å². The summed E-state index contributed by atoms with van der Waals surface area (Å²) in [5.74, 6) is -0.240. The number of nitrogens with one attached hydrogen (secondary N) is 1. The summed E-state index contributed by atoms with van der Waals surface area (Å²) in [6.07, 6.45) is 2.01. The van der Waals surface area contributed by atoms with Crippen LogP contribution in [0, 0.1) is 0 Å². The fourth-order valence-electron chi connectivity index (χ4n) is 3.05. The first-order valence-corrected chi connectivity index (χ1v) is 10.2. The molecule has 1 atom stereocenters. The molecule has 1 aliphatic rings. The van der Waals surface area contributed by atoms with Crippen molar-refractivity contribution in [2.24, 2.45) is 0 Å². The molecule has 132 valence electrons. The standard InChI is InChI=1S/C18H19ClN2O3S/c1-12-9-13-5-3-4-6-17(13)21(12)11-18(22)20-16-10-14(25(2,23)24)7-8-15(16)19/h3-8,10,12H,9,11H2,1-2H3,(H,20,22)/t12-/m0/s1. The second-order valence-corrected chi connectivity index (χ2v) is 8.69. The summed E-state index contributed by atoms with van der Waals surface area (Å²) in [5, 5.41) is 3.03. The van der Waals surface area contributed by atoms with Gasteiger partial charge in [0.2, 0.25) is 5.91 Å². The van der Waals surface area contributed by atoms with Crippen molar-refractivity contribution in [3.8, 4) is 0 Å². The van der Waals surface area contributed by atoms with E-state index < -0.39 is 9.84 Å². The van der Waals surface area contributed by atoms with E-state index in [1.807, 2.05) is 23.1 Å². The zero-order valence-electron chi connectivity index (χ0n) is 14.0. The van der Waals surface area contributed by atoms with E-state index in [0.29, 0.717) is 10.7 Å². The van der Waals surface area contributed by atoms with Crippen LogP contribution in [0.5, 0.6) is 0 Å². The van der Waals surface area contributed by atoms with Gasteiger partial charge in [-0.1, -0.05) is 29.8 Å². The third kappa shape index (κ3) is 3.80. The lowest BCUT2D eigenvalue weighted by molar-refractivity contribution is -0.115. The zero-order valence-corrected chi connectivity index (χ0v) is 15.6. The minimum Gasteiger partial charge on any atom is -0.359 e. The van der Waals surface area contributed by atoms with Gasteiger partial charge in [-0.05, 0) is 43.2 Å². The molecule has 0 aliphatic carbocycles. The first-order valence-electron chi connectivity index (χ1n) is 7.89. The number of sulfone groups is 1. The van der Waals surface area contributed by atoms with Gasteiger partial charge in [-0.3, -0.25) is 4.79 Å². The van der Waals surface area contributed by atoms with Crippen molar-refractivity contribution < 1.29 is 13.2 Å². The average molecular weight is 379 g/mol. The maximum atomic E-state index is 12.5. The van der Waals surface area contributed by atoms with Gasteiger partial charge in [-0.25, -0.2) is 8.42 Å². The Hall–Kier alpha value is -2.05. The molecule has 0 unspecified atom stereocenters. The number of amides is 1. The second-order valence-electron chi connectivity index (χ2n) is 6.27. The molecule has 2 aromatic rings. The molecule has 1 amide bonds. The molecule has 5 nitrogen and oxygen atoms in total. The Morgan fingerprint density at radius 1 is 1.28 bits per heavy atom. The molecule has 0 saturated heterocycles. The lowest BCUT2D eigenvalue weighted by Gasteiger charge is -2.24. The smallest absolute Gasteiger partial charge is 0.243 e. The van der Waals surface area contributed by atoms with Gasteiger partial charge in [-0.15, -0.1) is 0 Å². The number of fused-ring (bicyclic) bond motifs is 1. The molecular weight excluding hydrogens is 360 g/mol. The number of para-hydroxylation sites is 1. The van der Waals surface area contributed by atoms with Crippen LogP contribution in [0.2, 0.25) is 5.02 Å². The first kappa shape index (κ1) is 17.8. The summed E-state index contributed by atoms with van der Waals surface area (Å²) in [7, 11) is -3.37. The molecule has 7 heteroatoms. The normalized spacial score (nSPS) is 16.6. The van der Waals surface area contributed by atoms with Crippen LogP contribution in [-0.4, -0.2) is 33.2 Å². The number of rotatable bonds is 4. The Morgan fingerprint density at radius 3 is 2.72 bits per heavy atom. The van der Waals surface area contributed by atoms with Crippen molar-refractivity contribution in [1.29, 1.82) is 0 Å². The van der Waals surface area contributed by atoms with Gasteiger partial charge in [-0.2, -0.15) is 0 Å². The summed E-state index contributed by atoms with van der Waals surface area (Å²) in [5.41, 5.74) is 2.58. The van der Waals surface area contributed by atoms with Crippen molar-refractivity contribution in [1.82, 2.24) is 0 Å². The molecule has 1 heterocycles. The number of carbonyl (C=O) groups is 1. The highest BCUT2D eigenvalue weighted by Gasteiger charge is 2.27. The third-order valence-electron chi connectivity index (χ3n) is 4.30. The number of hydrogen-bond donors (Lipinski definition) is 1. The number of hydrogen-bond acceptors (Lipinski definition) is 4. The molecule has 0 bridgehead atoms. The Labute approximate surface area is 152 Å². The minimum atomic E-state index is -3.37. The van der Waals surface area contributed by atoms with Gasteiger partial charge in [0.25, 0.3) is 0 Å². The first-order chi connectivity index (χ1) is 11.8. The van der Waals surface area contributed by atoms with Gasteiger partial charge < -0.3 is 10.2 Å². The van der Waals surface area contributed by atoms with Crippen molar-refractivity contribution in [2.45, 2.75) is 24.3 Å². The largest absolute Gasteiger partial charge is 0.359 e. The quantitative estimate of drug-likeness (QED) is 0.887. The number of halogens is 1. The molecular formula is C18H19ClN2O3S. The maximum absolute atomic E-state index is 12.5. The Morgan fingerprint density at radius 2 is 2.00 bits per heavy atom. The molecule has 1 aliphatic heterocycles. The molecule has 0 aromatic heterocycles. The van der Waals surface area contributed by atoms with Crippen molar-refractivity contribution in [2.75, 3.05) is 23.0 Å². The van der Waals surface area contributed by atoms with Crippen molar-refractivity contribution in [3.05, 3.63) is 53.1 Å². The molecule has 0 radical (unpaired) electrons. The molecule has 3 rings (SSSR count). The number of benzene rings is 2. The minimum absolute atomic E-state index is 0.118. The Bertz CT molecular complexity index is 928. The van der Waals surface area contributed by atoms with Crippen LogP contribution in [0.1, 0.15) is 12.5 Å². The number of nitrogens with zero attached hydrogens (tertiary/aromatic N) is 1. The summed E-state index contributed by atoms with van der Waals surface area (Å²) >= 11 is 6.09. The molecule has 0 saturated carbocycles. The predicted molar refractivity (Wildman–Crippen MR) is 100 cm³/mol. The highest BCUT2D eigenvalue weighted by atomic mass is 35.5. The summed E-state index contributed by atoms with van der Waals surface area (Å²) in [6.45, 7) is 2.25. The monoisotopic (exact) mass is 378 g/mol. The molecule has 0 fully saturated rings. The van der Waals surface area contributed by atoms with Gasteiger partial charge in [0.15, 0.2) is 9.84 Å². The van der Waals surface area contributed by atoms with Crippen LogP contribution >= 0.6 is 11.6 Å². The summed E-state index contributed by atoms with van der Waals surface area (Å²) in [4.78, 5) is 14.6. The maximum Gasteiger partial charge on any atom is 0.243 e. The van der Waals surface area contributed by atoms with Crippen LogP contribution in [0.25, 0.3) is 0 Å². The number of carbonyl (C=O) groups excluding carboxylic acids is 1. The molecule has 1 N–H and O–H groups in total. The van der Waals surface area contributed by atoms with E-state index in [1.54, 1.807) is 0 Å². The molecule has 25 heavy (non-hydrogen) atoms. The van der Waals surface area contributed by atoms with Gasteiger partial charge in [0.1, 0.15) is 0 Å². The predicted octanol–water partition coefficient (Wildman–Crippen LogP) is 3.13. The Balaban J connectivity index is 1.78. The average Bonchev–Trinajstić information content (AvgIpc) is 2.84. The fourth-order valence-corrected chi connectivity index (χ4v) is 3.86. The van der Waals surface area contributed by atoms with E-state index >= 15 is 0 Å². The van der Waals surface area contributed by atoms with E-state index in [0.717, 1.165) is 18.4 Å². The number of anilines is 2. The van der Waals surface area contributed by atoms with Crippen LogP contribution in [0.15, 0.2) is 47.4 Å². The van der Waals surface area contributed by atoms with Gasteiger partial charge >= 0.3 is 0 Å².